The second-order valence-electron chi connectivity index (χ2n) is 5.62. The molecule has 0 aliphatic rings. The molecule has 0 radical (unpaired) electrons. The minimum atomic E-state index is -1.64. The second-order valence-corrected chi connectivity index (χ2v) is 7.07. The summed E-state index contributed by atoms with van der Waals surface area (Å²) >= 11 is 0. The van der Waals surface area contributed by atoms with Gasteiger partial charge in [0, 0.05) is 16.5 Å². The van der Waals surface area contributed by atoms with Gasteiger partial charge in [-0.25, -0.2) is 4.21 Å². The summed E-state index contributed by atoms with van der Waals surface area (Å²) in [4.78, 5) is 13.6. The Balaban J connectivity index is 2.25. The number of methoxy groups -OCH3 is 2. The molecular formula is C19H18O5S. The van der Waals surface area contributed by atoms with Crippen LogP contribution in [0.4, 0.5) is 0 Å². The highest BCUT2D eigenvalue weighted by atomic mass is 32.2. The Morgan fingerprint density at radius 3 is 2.24 bits per heavy atom. The van der Waals surface area contributed by atoms with Crippen molar-refractivity contribution < 1.29 is 18.1 Å². The molecule has 0 fully saturated rings. The Kier molecular flexibility index (Phi) is 4.63. The van der Waals surface area contributed by atoms with Crippen LogP contribution in [0.25, 0.3) is 11.0 Å². The molecule has 1 aromatic heterocycles. The van der Waals surface area contributed by atoms with E-state index < -0.39 is 10.8 Å². The van der Waals surface area contributed by atoms with Crippen molar-refractivity contribution in [3.8, 4) is 11.5 Å². The van der Waals surface area contributed by atoms with Crippen LogP contribution in [0.1, 0.15) is 11.1 Å². The molecule has 3 rings (SSSR count). The van der Waals surface area contributed by atoms with E-state index in [1.54, 1.807) is 25.1 Å². The molecule has 1 heterocycles. The molecule has 0 saturated carbocycles. The van der Waals surface area contributed by atoms with Gasteiger partial charge >= 0.3 is 0 Å². The van der Waals surface area contributed by atoms with Crippen LogP contribution in [0.2, 0.25) is 0 Å². The van der Waals surface area contributed by atoms with Crippen LogP contribution in [0.3, 0.4) is 0 Å². The smallest absolute Gasteiger partial charge is 0.212 e. The fraction of sp³-hybridized carbons (Fsp3) is 0.211. The lowest BCUT2D eigenvalue weighted by Crippen LogP contribution is -2.12. The van der Waals surface area contributed by atoms with Gasteiger partial charge in [0.15, 0.2) is 0 Å². The first-order chi connectivity index (χ1) is 12.0. The van der Waals surface area contributed by atoms with Crippen molar-refractivity contribution in [1.82, 2.24) is 0 Å². The first-order valence-corrected chi connectivity index (χ1v) is 8.78. The van der Waals surface area contributed by atoms with E-state index in [0.717, 1.165) is 5.56 Å². The summed E-state index contributed by atoms with van der Waals surface area (Å²) in [5.74, 6) is 0.883. The molecular weight excluding hydrogens is 340 g/mol. The average Bonchev–Trinajstić information content (AvgIpc) is 2.62. The van der Waals surface area contributed by atoms with Gasteiger partial charge in [-0.05, 0) is 26.0 Å². The Labute approximate surface area is 147 Å². The van der Waals surface area contributed by atoms with Gasteiger partial charge < -0.3 is 13.9 Å². The molecule has 0 unspecified atom stereocenters. The number of rotatable bonds is 4. The van der Waals surface area contributed by atoms with Gasteiger partial charge in [-0.1, -0.05) is 17.7 Å². The average molecular weight is 358 g/mol. The molecule has 0 amide bonds. The summed E-state index contributed by atoms with van der Waals surface area (Å²) < 4.78 is 29.1. The van der Waals surface area contributed by atoms with Gasteiger partial charge in [0.05, 0.1) is 25.0 Å². The van der Waals surface area contributed by atoms with E-state index in [2.05, 4.69) is 0 Å². The first-order valence-electron chi connectivity index (χ1n) is 7.63. The van der Waals surface area contributed by atoms with Crippen LogP contribution >= 0.6 is 0 Å². The van der Waals surface area contributed by atoms with Gasteiger partial charge in [-0.3, -0.25) is 4.79 Å². The van der Waals surface area contributed by atoms with Crippen LogP contribution < -0.4 is 14.9 Å². The van der Waals surface area contributed by atoms with E-state index in [0.29, 0.717) is 27.5 Å². The normalized spacial score (nSPS) is 12.2. The Morgan fingerprint density at radius 1 is 1.00 bits per heavy atom. The summed E-state index contributed by atoms with van der Waals surface area (Å²) in [6, 6.07) is 8.82. The summed E-state index contributed by atoms with van der Waals surface area (Å²) in [7, 11) is 1.36. The number of aryl methyl sites for hydroxylation is 2. The molecule has 2 aromatic carbocycles. The quantitative estimate of drug-likeness (QED) is 0.713. The summed E-state index contributed by atoms with van der Waals surface area (Å²) in [5.41, 5.74) is 1.73. The van der Waals surface area contributed by atoms with Gasteiger partial charge in [0.25, 0.3) is 0 Å². The zero-order valence-corrected chi connectivity index (χ0v) is 15.2. The molecule has 1 atom stereocenters. The summed E-state index contributed by atoms with van der Waals surface area (Å²) in [6.07, 6.45) is 1.26. The molecule has 0 N–H and O–H groups in total. The molecule has 130 valence electrons. The van der Waals surface area contributed by atoms with Crippen LogP contribution in [-0.4, -0.2) is 18.4 Å². The van der Waals surface area contributed by atoms with E-state index in [1.165, 1.54) is 20.5 Å². The molecule has 6 heteroatoms. The largest absolute Gasteiger partial charge is 0.496 e. The van der Waals surface area contributed by atoms with Gasteiger partial charge in [0.1, 0.15) is 33.6 Å². The predicted octanol–water partition coefficient (Wildman–Crippen LogP) is 3.59. The highest BCUT2D eigenvalue weighted by molar-refractivity contribution is 7.85. The van der Waals surface area contributed by atoms with Gasteiger partial charge in [-0.2, -0.15) is 0 Å². The van der Waals surface area contributed by atoms with Gasteiger partial charge in [-0.15, -0.1) is 0 Å². The number of hydrogen-bond acceptors (Lipinski definition) is 5. The topological polar surface area (TPSA) is 65.7 Å². The van der Waals surface area contributed by atoms with E-state index in [-0.39, 0.29) is 15.7 Å². The van der Waals surface area contributed by atoms with Crippen molar-refractivity contribution >= 4 is 21.8 Å². The third-order valence-electron chi connectivity index (χ3n) is 4.06. The van der Waals surface area contributed by atoms with Crippen molar-refractivity contribution in [3.05, 3.63) is 57.9 Å². The van der Waals surface area contributed by atoms with Crippen molar-refractivity contribution in [3.63, 3.8) is 0 Å². The second kappa shape index (κ2) is 6.72. The van der Waals surface area contributed by atoms with Crippen LogP contribution in [0.5, 0.6) is 11.5 Å². The Bertz CT molecular complexity index is 1020. The monoisotopic (exact) mass is 358 g/mol. The molecule has 0 aliphatic carbocycles. The third kappa shape index (κ3) is 2.93. The lowest BCUT2D eigenvalue weighted by atomic mass is 10.1. The van der Waals surface area contributed by atoms with Crippen LogP contribution in [-0.2, 0) is 10.8 Å². The number of hydrogen-bond donors (Lipinski definition) is 0. The van der Waals surface area contributed by atoms with E-state index in [9.17, 15) is 9.00 Å². The number of fused-ring (bicyclic) bond motifs is 1. The maximum absolute atomic E-state index is 13.0. The van der Waals surface area contributed by atoms with Crippen molar-refractivity contribution in [2.45, 2.75) is 23.6 Å². The van der Waals surface area contributed by atoms with Crippen LogP contribution in [0.15, 0.2) is 55.6 Å². The number of benzene rings is 2. The molecule has 0 aliphatic heterocycles. The lowest BCUT2D eigenvalue weighted by Gasteiger charge is -2.12. The SMILES string of the molecule is COc1cc(OC)c2c(=O)c([S@@](=O)c3ccc(C)cc3)coc2c1C. The fourth-order valence-electron chi connectivity index (χ4n) is 2.65. The molecule has 5 nitrogen and oxygen atoms in total. The summed E-state index contributed by atoms with van der Waals surface area (Å²) in [6.45, 7) is 3.73. The van der Waals surface area contributed by atoms with E-state index >= 15 is 0 Å². The van der Waals surface area contributed by atoms with Gasteiger partial charge in [0.2, 0.25) is 5.43 Å². The molecule has 25 heavy (non-hydrogen) atoms. The summed E-state index contributed by atoms with van der Waals surface area (Å²) in [5, 5.41) is 0.263. The zero-order chi connectivity index (χ0) is 18.1. The maximum Gasteiger partial charge on any atom is 0.212 e. The first kappa shape index (κ1) is 17.2. The minimum absolute atomic E-state index is 0.0826. The van der Waals surface area contributed by atoms with Crippen molar-refractivity contribution in [2.24, 2.45) is 0 Å². The van der Waals surface area contributed by atoms with E-state index in [1.807, 2.05) is 19.1 Å². The molecule has 0 spiro atoms. The Hall–Kier alpha value is -2.60. The van der Waals surface area contributed by atoms with Crippen LogP contribution in [0, 0.1) is 13.8 Å². The fourth-order valence-corrected chi connectivity index (χ4v) is 3.70. The third-order valence-corrected chi connectivity index (χ3v) is 5.44. The van der Waals surface area contributed by atoms with E-state index in [4.69, 9.17) is 13.9 Å². The number of ether oxygens (including phenoxy) is 2. The standard InChI is InChI=1S/C19H18O5S/c1-11-5-7-13(8-6-11)25(21)16-10-24-19-12(2)14(22-3)9-15(23-4)17(19)18(16)20/h5-10H,1-4H3/t25-/m0/s1. The molecule has 0 saturated heterocycles. The minimum Gasteiger partial charge on any atom is -0.496 e. The zero-order valence-electron chi connectivity index (χ0n) is 14.4. The molecule has 3 aromatic rings. The molecule has 0 bridgehead atoms. The highest BCUT2D eigenvalue weighted by Gasteiger charge is 2.21. The maximum atomic E-state index is 13.0. The lowest BCUT2D eigenvalue weighted by molar-refractivity contribution is 0.393. The van der Waals surface area contributed by atoms with Crippen molar-refractivity contribution in [1.29, 1.82) is 0 Å². The highest BCUT2D eigenvalue weighted by Crippen LogP contribution is 2.34. The Morgan fingerprint density at radius 2 is 1.64 bits per heavy atom. The predicted molar refractivity (Wildman–Crippen MR) is 96.2 cm³/mol. The van der Waals surface area contributed by atoms with Crippen molar-refractivity contribution in [2.75, 3.05) is 14.2 Å².